The van der Waals surface area contributed by atoms with Gasteiger partial charge in [0.25, 0.3) is 0 Å². The average molecular weight is 492 g/mol. The number of carbonyl (C=O) groups is 2. The summed E-state index contributed by atoms with van der Waals surface area (Å²) >= 11 is 0. The quantitative estimate of drug-likeness (QED) is 0.111. The van der Waals surface area contributed by atoms with E-state index in [1.807, 2.05) is 0 Å². The summed E-state index contributed by atoms with van der Waals surface area (Å²) in [5.41, 5.74) is 0. The van der Waals surface area contributed by atoms with Crippen molar-refractivity contribution in [3.8, 4) is 0 Å². The Morgan fingerprint density at radius 1 is 1.06 bits per heavy atom. The molecule has 0 saturated heterocycles. The lowest BCUT2D eigenvalue weighted by atomic mass is 10.1. The first-order chi connectivity index (χ1) is 13.8. The summed E-state index contributed by atoms with van der Waals surface area (Å²) in [7, 11) is -6.76. The van der Waals surface area contributed by atoms with E-state index in [2.05, 4.69) is 22.6 Å². The molecule has 8 nitrogen and oxygen atoms in total. The van der Waals surface area contributed by atoms with E-state index in [9.17, 15) is 57.7 Å². The summed E-state index contributed by atoms with van der Waals surface area (Å²) in [6.45, 7) is 3.88. The first kappa shape index (κ1) is 28.7. The van der Waals surface area contributed by atoms with Gasteiger partial charge in [-0.1, -0.05) is 13.2 Å². The number of ether oxygens (including phenoxy) is 2. The van der Waals surface area contributed by atoms with E-state index in [1.54, 1.807) is 0 Å². The molecule has 180 valence electrons. The van der Waals surface area contributed by atoms with Gasteiger partial charge in [0.05, 0.1) is 6.61 Å². The van der Waals surface area contributed by atoms with Gasteiger partial charge in [0.2, 0.25) is 5.83 Å². The van der Waals surface area contributed by atoms with E-state index in [0.717, 1.165) is 0 Å². The lowest BCUT2D eigenvalue weighted by Gasteiger charge is -2.32. The van der Waals surface area contributed by atoms with Gasteiger partial charge >= 0.3 is 35.0 Å². The Morgan fingerprint density at radius 3 is 1.97 bits per heavy atom. The molecular weight excluding hydrogens is 478 g/mol. The maximum Gasteiger partial charge on any atom is 0.466 e. The van der Waals surface area contributed by atoms with Crippen LogP contribution in [-0.4, -0.2) is 54.6 Å². The normalized spacial score (nSPS) is 15.0. The molecule has 31 heavy (non-hydrogen) atoms. The number of hydrogen-bond donors (Lipinski definition) is 1. The molecule has 0 heterocycles. The lowest BCUT2D eigenvalue weighted by Crippen LogP contribution is -2.60. The van der Waals surface area contributed by atoms with Gasteiger partial charge < -0.3 is 19.3 Å². The fourth-order valence-electron chi connectivity index (χ4n) is 1.78. The first-order valence-electron chi connectivity index (χ1n) is 7.68. The van der Waals surface area contributed by atoms with Crippen molar-refractivity contribution in [1.29, 1.82) is 0 Å². The van der Waals surface area contributed by atoms with Crippen molar-refractivity contribution in [3.05, 3.63) is 25.2 Å². The van der Waals surface area contributed by atoms with E-state index in [-0.39, 0.29) is 0 Å². The van der Waals surface area contributed by atoms with Crippen molar-refractivity contribution < 1.29 is 67.2 Å². The number of halogens is 8. The molecule has 0 radical (unpaired) electrons. The zero-order valence-electron chi connectivity index (χ0n) is 15.1. The molecule has 0 aliphatic heterocycles. The van der Waals surface area contributed by atoms with Crippen LogP contribution in [0.4, 0.5) is 35.1 Å². The molecule has 0 saturated carbocycles. The van der Waals surface area contributed by atoms with Gasteiger partial charge in [0.1, 0.15) is 0 Å². The van der Waals surface area contributed by atoms with E-state index in [4.69, 9.17) is 0 Å². The van der Waals surface area contributed by atoms with Gasteiger partial charge in [-0.3, -0.25) is 4.79 Å². The molecule has 1 N–H and O–H groups in total. The number of hydrogen-bond acceptors (Lipinski definition) is 7. The standard InChI is InChI=1S/C14H15F8NO7S/c1-3-23-10(25)12(13(18,19)20,30-9(24)8(2)15)29-7-5-4-6-11(16,17)14(21,22)31(26,27)28/h3H,1-2,4-7H2,(H,23,25)(H,26,27,28)/p-1. The van der Waals surface area contributed by atoms with Crippen LogP contribution in [0, 0.1) is 0 Å². The Morgan fingerprint density at radius 2 is 1.58 bits per heavy atom. The van der Waals surface area contributed by atoms with Crippen molar-refractivity contribution in [3.63, 3.8) is 0 Å². The number of amides is 1. The van der Waals surface area contributed by atoms with Crippen molar-refractivity contribution in [2.75, 3.05) is 6.61 Å². The van der Waals surface area contributed by atoms with Gasteiger partial charge in [-0.15, -0.1) is 0 Å². The maximum atomic E-state index is 13.4. The predicted octanol–water partition coefficient (Wildman–Crippen LogP) is 2.49. The molecule has 1 amide bonds. The van der Waals surface area contributed by atoms with E-state index in [0.29, 0.717) is 6.20 Å². The molecule has 0 aromatic carbocycles. The van der Waals surface area contributed by atoms with Crippen molar-refractivity contribution in [2.45, 2.75) is 42.4 Å². The van der Waals surface area contributed by atoms with Crippen LogP contribution in [-0.2, 0) is 29.2 Å². The summed E-state index contributed by atoms with van der Waals surface area (Å²) in [5, 5.41) is -4.63. The summed E-state index contributed by atoms with van der Waals surface area (Å²) in [6.07, 6.45) is -9.55. The van der Waals surface area contributed by atoms with Crippen LogP contribution in [0.15, 0.2) is 25.2 Å². The number of carbonyl (C=O) groups excluding carboxylic acids is 2. The Kier molecular flexibility index (Phi) is 9.18. The fourth-order valence-corrected chi connectivity index (χ4v) is 2.24. The van der Waals surface area contributed by atoms with Crippen LogP contribution in [0.3, 0.4) is 0 Å². The number of unbranched alkanes of at least 4 members (excludes halogenated alkanes) is 1. The molecule has 0 aromatic rings. The zero-order valence-corrected chi connectivity index (χ0v) is 15.9. The lowest BCUT2D eigenvalue weighted by molar-refractivity contribution is -0.347. The molecular formula is C14H14F8NO7S-. The van der Waals surface area contributed by atoms with E-state index in [1.165, 1.54) is 5.32 Å². The largest absolute Gasteiger partial charge is 0.743 e. The first-order valence-corrected chi connectivity index (χ1v) is 9.09. The number of esters is 1. The number of nitrogens with one attached hydrogen (secondary N) is 1. The zero-order chi connectivity index (χ0) is 24.9. The molecule has 0 rings (SSSR count). The van der Waals surface area contributed by atoms with Crippen molar-refractivity contribution in [2.24, 2.45) is 0 Å². The highest BCUT2D eigenvalue weighted by Gasteiger charge is 2.66. The summed E-state index contributed by atoms with van der Waals surface area (Å²) in [4.78, 5) is 22.9. The van der Waals surface area contributed by atoms with Crippen LogP contribution >= 0.6 is 0 Å². The highest BCUT2D eigenvalue weighted by Crippen LogP contribution is 2.42. The Hall–Kier alpha value is -2.27. The minimum Gasteiger partial charge on any atom is -0.743 e. The summed E-state index contributed by atoms with van der Waals surface area (Å²) < 4.78 is 144. The fraction of sp³-hybridized carbons (Fsp3) is 0.571. The van der Waals surface area contributed by atoms with Gasteiger partial charge in [-0.05, 0) is 19.0 Å². The molecule has 0 bridgehead atoms. The molecule has 0 aliphatic rings. The third kappa shape index (κ3) is 6.60. The van der Waals surface area contributed by atoms with Crippen molar-refractivity contribution >= 4 is 22.0 Å². The summed E-state index contributed by atoms with van der Waals surface area (Å²) in [5.74, 6) is -16.6. The van der Waals surface area contributed by atoms with Crippen LogP contribution in [0.1, 0.15) is 19.3 Å². The molecule has 1 atom stereocenters. The maximum absolute atomic E-state index is 13.4. The van der Waals surface area contributed by atoms with Crippen LogP contribution in [0.2, 0.25) is 0 Å². The monoisotopic (exact) mass is 492 g/mol. The van der Waals surface area contributed by atoms with Crippen LogP contribution in [0.5, 0.6) is 0 Å². The topological polar surface area (TPSA) is 122 Å². The molecule has 0 fully saturated rings. The third-order valence-corrected chi connectivity index (χ3v) is 4.22. The van der Waals surface area contributed by atoms with Gasteiger partial charge in [-0.25, -0.2) is 13.2 Å². The van der Waals surface area contributed by atoms with Gasteiger partial charge in [0, 0.05) is 6.42 Å². The second kappa shape index (κ2) is 9.90. The second-order valence-corrected chi connectivity index (χ2v) is 6.99. The minimum absolute atomic E-state index is 0.399. The van der Waals surface area contributed by atoms with Gasteiger partial charge in [0.15, 0.2) is 10.1 Å². The SMILES string of the molecule is C=CNC(=O)C(OCCCCC(F)(F)C(F)(F)S(=O)(=O)[O-])(OC(=O)C(=C)F)C(F)(F)F. The average Bonchev–Trinajstić information content (AvgIpc) is 2.57. The Bertz CT molecular complexity index is 812. The Balaban J connectivity index is 5.46. The Labute approximate surface area is 169 Å². The minimum atomic E-state index is -6.76. The van der Waals surface area contributed by atoms with Gasteiger partial charge in [-0.2, -0.15) is 35.1 Å². The van der Waals surface area contributed by atoms with Crippen molar-refractivity contribution in [1.82, 2.24) is 5.32 Å². The number of rotatable bonds is 12. The predicted molar refractivity (Wildman–Crippen MR) is 82.9 cm³/mol. The smallest absolute Gasteiger partial charge is 0.466 e. The highest BCUT2D eigenvalue weighted by atomic mass is 32.2. The molecule has 1 unspecified atom stereocenters. The van der Waals surface area contributed by atoms with E-state index >= 15 is 0 Å². The van der Waals surface area contributed by atoms with Crippen LogP contribution in [0.25, 0.3) is 0 Å². The highest BCUT2D eigenvalue weighted by molar-refractivity contribution is 7.86. The molecule has 0 aromatic heterocycles. The second-order valence-electron chi connectivity index (χ2n) is 5.57. The van der Waals surface area contributed by atoms with Crippen LogP contribution < -0.4 is 5.32 Å². The molecule has 0 aliphatic carbocycles. The number of alkyl halides is 7. The molecule has 17 heteroatoms. The van der Waals surface area contributed by atoms with E-state index < -0.39 is 76.8 Å². The summed E-state index contributed by atoms with van der Waals surface area (Å²) in [6, 6.07) is 0. The third-order valence-electron chi connectivity index (χ3n) is 3.29. The molecule has 0 spiro atoms.